The Kier molecular flexibility index (Phi) is 4.38. The first-order valence-electron chi connectivity index (χ1n) is 8.36. The lowest BCUT2D eigenvalue weighted by Crippen LogP contribution is -2.11. The predicted octanol–water partition coefficient (Wildman–Crippen LogP) is 3.88. The first-order chi connectivity index (χ1) is 13.8. The van der Waals surface area contributed by atoms with Gasteiger partial charge in [-0.3, -0.25) is 4.79 Å². The highest BCUT2D eigenvalue weighted by atomic mass is 19.4. The molecule has 0 unspecified atom stereocenters. The van der Waals surface area contributed by atoms with E-state index in [0.29, 0.717) is 34.1 Å². The van der Waals surface area contributed by atoms with Gasteiger partial charge in [0.15, 0.2) is 0 Å². The number of carbonyl (C=O) groups excluding carboxylic acids is 1. The summed E-state index contributed by atoms with van der Waals surface area (Å²) in [5.74, 6) is 0.589. The van der Waals surface area contributed by atoms with Crippen molar-refractivity contribution in [2.75, 3.05) is 5.32 Å². The number of alkyl halides is 3. The summed E-state index contributed by atoms with van der Waals surface area (Å²) in [6.45, 7) is 0. The maximum absolute atomic E-state index is 12.9. The quantitative estimate of drug-likeness (QED) is 0.483. The van der Waals surface area contributed by atoms with Gasteiger partial charge in [-0.15, -0.1) is 0 Å². The number of primary amides is 1. The first kappa shape index (κ1) is 18.4. The van der Waals surface area contributed by atoms with E-state index in [1.165, 1.54) is 24.5 Å². The molecule has 0 radical (unpaired) electrons. The van der Waals surface area contributed by atoms with Crippen LogP contribution in [0.5, 0.6) is 0 Å². The Balaban J connectivity index is 1.62. The van der Waals surface area contributed by atoms with Crippen LogP contribution in [0.25, 0.3) is 22.4 Å². The smallest absolute Gasteiger partial charge is 0.366 e. The number of benzene rings is 1. The zero-order valence-electron chi connectivity index (χ0n) is 14.7. The van der Waals surface area contributed by atoms with Gasteiger partial charge in [0, 0.05) is 17.8 Å². The van der Waals surface area contributed by atoms with Gasteiger partial charge in [-0.2, -0.15) is 13.2 Å². The van der Waals surface area contributed by atoms with E-state index in [2.05, 4.69) is 25.3 Å². The molecular weight excluding hydrogens is 385 g/mol. The van der Waals surface area contributed by atoms with Crippen LogP contribution in [-0.4, -0.2) is 25.8 Å². The van der Waals surface area contributed by atoms with Crippen LogP contribution in [-0.2, 0) is 6.18 Å². The van der Waals surface area contributed by atoms with Crippen LogP contribution in [0.1, 0.15) is 15.9 Å². The van der Waals surface area contributed by atoms with E-state index in [9.17, 15) is 18.0 Å². The number of imidazole rings is 1. The summed E-state index contributed by atoms with van der Waals surface area (Å²) >= 11 is 0. The van der Waals surface area contributed by atoms with Crippen LogP contribution in [0, 0.1) is 0 Å². The number of carbonyl (C=O) groups is 1. The van der Waals surface area contributed by atoms with Crippen molar-refractivity contribution in [2.45, 2.75) is 6.18 Å². The fourth-order valence-corrected chi connectivity index (χ4v) is 2.70. The average molecular weight is 398 g/mol. The lowest BCUT2D eigenvalue weighted by molar-refractivity contribution is -0.137. The third-order valence-electron chi connectivity index (χ3n) is 4.13. The van der Waals surface area contributed by atoms with Gasteiger partial charge in [-0.25, -0.2) is 15.0 Å². The number of pyridine rings is 2. The van der Waals surface area contributed by atoms with Crippen molar-refractivity contribution in [3.8, 4) is 11.4 Å². The second kappa shape index (κ2) is 6.89. The highest BCUT2D eigenvalue weighted by molar-refractivity contribution is 5.92. The van der Waals surface area contributed by atoms with E-state index in [1.807, 2.05) is 0 Å². The summed E-state index contributed by atoms with van der Waals surface area (Å²) < 4.78 is 38.8. The SMILES string of the molecule is NC(=O)c1ccc(Nc2cc3nc(-c4cccc(C(F)(F)F)c4)[nH]c3cn2)nc1. The number of nitrogens with one attached hydrogen (secondary N) is 2. The number of anilines is 2. The largest absolute Gasteiger partial charge is 0.416 e. The fraction of sp³-hybridized carbons (Fsp3) is 0.0526. The Labute approximate surface area is 161 Å². The second-order valence-corrected chi connectivity index (χ2v) is 6.17. The van der Waals surface area contributed by atoms with Crippen molar-refractivity contribution in [1.82, 2.24) is 19.9 Å². The van der Waals surface area contributed by atoms with E-state index in [0.717, 1.165) is 12.1 Å². The van der Waals surface area contributed by atoms with Gasteiger partial charge >= 0.3 is 6.18 Å². The molecule has 0 atom stereocenters. The van der Waals surface area contributed by atoms with E-state index in [1.54, 1.807) is 18.2 Å². The number of H-pyrrole nitrogens is 1. The highest BCUT2D eigenvalue weighted by Gasteiger charge is 2.30. The van der Waals surface area contributed by atoms with Gasteiger partial charge in [0.1, 0.15) is 17.5 Å². The summed E-state index contributed by atoms with van der Waals surface area (Å²) in [6, 6.07) is 9.65. The summed E-state index contributed by atoms with van der Waals surface area (Å²) in [6.07, 6.45) is -1.58. The molecule has 0 aliphatic heterocycles. The van der Waals surface area contributed by atoms with E-state index in [4.69, 9.17) is 5.73 Å². The average Bonchev–Trinajstić information content (AvgIpc) is 3.11. The van der Waals surface area contributed by atoms with Crippen molar-refractivity contribution in [2.24, 2.45) is 5.73 Å². The summed E-state index contributed by atoms with van der Waals surface area (Å²) in [5.41, 5.74) is 6.10. The molecule has 0 saturated heterocycles. The molecule has 4 rings (SSSR count). The Morgan fingerprint density at radius 3 is 2.52 bits per heavy atom. The van der Waals surface area contributed by atoms with Gasteiger partial charge in [0.2, 0.25) is 5.91 Å². The third kappa shape index (κ3) is 3.86. The van der Waals surface area contributed by atoms with Gasteiger partial charge < -0.3 is 16.0 Å². The number of fused-ring (bicyclic) bond motifs is 1. The van der Waals surface area contributed by atoms with Crippen molar-refractivity contribution in [3.05, 3.63) is 66.0 Å². The summed E-state index contributed by atoms with van der Waals surface area (Å²) in [7, 11) is 0. The summed E-state index contributed by atoms with van der Waals surface area (Å²) in [4.78, 5) is 26.7. The minimum absolute atomic E-state index is 0.275. The molecular formula is C19H13F3N6O. The van der Waals surface area contributed by atoms with Crippen molar-refractivity contribution >= 4 is 28.6 Å². The molecule has 0 bridgehead atoms. The lowest BCUT2D eigenvalue weighted by Gasteiger charge is -2.07. The van der Waals surface area contributed by atoms with Gasteiger partial charge in [-0.1, -0.05) is 12.1 Å². The lowest BCUT2D eigenvalue weighted by atomic mass is 10.1. The van der Waals surface area contributed by atoms with Gasteiger partial charge in [0.05, 0.1) is 28.4 Å². The van der Waals surface area contributed by atoms with Crippen LogP contribution in [0.2, 0.25) is 0 Å². The first-order valence-corrected chi connectivity index (χ1v) is 8.36. The van der Waals surface area contributed by atoms with E-state index < -0.39 is 17.6 Å². The van der Waals surface area contributed by atoms with Crippen molar-refractivity contribution < 1.29 is 18.0 Å². The molecule has 0 fully saturated rings. The maximum Gasteiger partial charge on any atom is 0.416 e. The Morgan fingerprint density at radius 1 is 1.03 bits per heavy atom. The molecule has 0 aliphatic rings. The zero-order chi connectivity index (χ0) is 20.6. The number of halogens is 3. The monoisotopic (exact) mass is 398 g/mol. The molecule has 3 aromatic heterocycles. The number of aromatic amines is 1. The number of nitrogens with zero attached hydrogens (tertiary/aromatic N) is 3. The van der Waals surface area contributed by atoms with Crippen molar-refractivity contribution in [1.29, 1.82) is 0 Å². The topological polar surface area (TPSA) is 110 Å². The molecule has 4 N–H and O–H groups in total. The number of aromatic nitrogens is 4. The molecule has 1 aromatic carbocycles. The minimum Gasteiger partial charge on any atom is -0.366 e. The van der Waals surface area contributed by atoms with Gasteiger partial charge in [-0.05, 0) is 24.3 Å². The number of nitrogens with two attached hydrogens (primary N) is 1. The fourth-order valence-electron chi connectivity index (χ4n) is 2.70. The molecule has 0 saturated carbocycles. The molecule has 4 aromatic rings. The molecule has 146 valence electrons. The van der Waals surface area contributed by atoms with Crippen molar-refractivity contribution in [3.63, 3.8) is 0 Å². The Hall–Kier alpha value is -3.95. The predicted molar refractivity (Wildman–Crippen MR) is 100 cm³/mol. The van der Waals surface area contributed by atoms with E-state index >= 15 is 0 Å². The number of rotatable bonds is 4. The van der Waals surface area contributed by atoms with Crippen LogP contribution in [0.4, 0.5) is 24.8 Å². The number of hydrogen-bond acceptors (Lipinski definition) is 5. The highest BCUT2D eigenvalue weighted by Crippen LogP contribution is 2.32. The van der Waals surface area contributed by atoms with Crippen LogP contribution in [0.15, 0.2) is 54.9 Å². The van der Waals surface area contributed by atoms with Crippen LogP contribution in [0.3, 0.4) is 0 Å². The second-order valence-electron chi connectivity index (χ2n) is 6.17. The molecule has 7 nitrogen and oxygen atoms in total. The van der Waals surface area contributed by atoms with E-state index in [-0.39, 0.29) is 5.56 Å². The Bertz CT molecular complexity index is 1200. The zero-order valence-corrected chi connectivity index (χ0v) is 14.7. The molecule has 10 heteroatoms. The van der Waals surface area contributed by atoms with Crippen LogP contribution < -0.4 is 11.1 Å². The Morgan fingerprint density at radius 2 is 1.83 bits per heavy atom. The standard InChI is InChI=1S/C19H13F3N6O/c20-19(21,22)12-3-1-2-10(6-12)18-26-13-7-16(25-9-14(13)27-18)28-15-5-4-11(8-24-15)17(23)29/h1-9H,(H2,23,29)(H,26,27)(H,24,25,28). The number of hydrogen-bond donors (Lipinski definition) is 3. The van der Waals surface area contributed by atoms with Gasteiger partial charge in [0.25, 0.3) is 0 Å². The molecule has 1 amide bonds. The minimum atomic E-state index is -4.43. The normalized spacial score (nSPS) is 11.6. The summed E-state index contributed by atoms with van der Waals surface area (Å²) in [5, 5.41) is 2.96. The van der Waals surface area contributed by atoms with Crippen LogP contribution >= 0.6 is 0 Å². The molecule has 29 heavy (non-hydrogen) atoms. The molecule has 0 aliphatic carbocycles. The molecule has 0 spiro atoms. The maximum atomic E-state index is 12.9. The number of amides is 1. The molecule has 3 heterocycles. The third-order valence-corrected chi connectivity index (χ3v) is 4.13.